The number of nitrogens with one attached hydrogen (secondary N) is 1. The predicted octanol–water partition coefficient (Wildman–Crippen LogP) is 1.89. The second-order valence-electron chi connectivity index (χ2n) is 5.07. The van der Waals surface area contributed by atoms with Gasteiger partial charge < -0.3 is 10.4 Å². The number of carboxylic acids is 1. The first-order valence-electron chi connectivity index (χ1n) is 5.96. The van der Waals surface area contributed by atoms with Crippen LogP contribution in [0.5, 0.6) is 0 Å². The van der Waals surface area contributed by atoms with Gasteiger partial charge in [0.15, 0.2) is 0 Å². The van der Waals surface area contributed by atoms with Gasteiger partial charge in [0.05, 0.1) is 0 Å². The summed E-state index contributed by atoms with van der Waals surface area (Å²) in [5.74, 6) is -1.46. The summed E-state index contributed by atoms with van der Waals surface area (Å²) in [6, 6.07) is 0.116. The second kappa shape index (κ2) is 5.76. The van der Waals surface area contributed by atoms with Crippen molar-refractivity contribution in [2.75, 3.05) is 6.26 Å². The van der Waals surface area contributed by atoms with Crippen LogP contribution in [0.1, 0.15) is 39.5 Å². The van der Waals surface area contributed by atoms with Crippen LogP contribution < -0.4 is 5.32 Å². The van der Waals surface area contributed by atoms with Gasteiger partial charge in [-0.05, 0) is 32.9 Å². The minimum absolute atomic E-state index is 0.116. The SMILES string of the molecule is CSC1CCCCC1NC(=O)C(C)(C)C(=O)O. The fourth-order valence-corrected chi connectivity index (χ4v) is 2.93. The maximum Gasteiger partial charge on any atom is 0.318 e. The lowest BCUT2D eigenvalue weighted by Gasteiger charge is -2.32. The number of hydrogen-bond acceptors (Lipinski definition) is 3. The molecule has 5 heteroatoms. The lowest BCUT2D eigenvalue weighted by molar-refractivity contribution is -0.153. The Hall–Kier alpha value is -0.710. The van der Waals surface area contributed by atoms with E-state index in [2.05, 4.69) is 5.32 Å². The molecule has 0 bridgehead atoms. The maximum atomic E-state index is 11.9. The Bertz CT molecular complexity index is 304. The van der Waals surface area contributed by atoms with Crippen LogP contribution in [-0.2, 0) is 9.59 Å². The van der Waals surface area contributed by atoms with E-state index in [1.54, 1.807) is 11.8 Å². The normalized spacial score (nSPS) is 25.4. The fourth-order valence-electron chi connectivity index (χ4n) is 1.99. The summed E-state index contributed by atoms with van der Waals surface area (Å²) in [5.41, 5.74) is -1.35. The summed E-state index contributed by atoms with van der Waals surface area (Å²) in [6.45, 7) is 2.89. The van der Waals surface area contributed by atoms with Crippen molar-refractivity contribution < 1.29 is 14.7 Å². The Balaban J connectivity index is 2.63. The number of carbonyl (C=O) groups is 2. The van der Waals surface area contributed by atoms with Crippen molar-refractivity contribution in [1.82, 2.24) is 5.32 Å². The van der Waals surface area contributed by atoms with E-state index in [1.165, 1.54) is 20.3 Å². The average molecular weight is 259 g/mol. The Morgan fingerprint density at radius 2 is 1.88 bits per heavy atom. The van der Waals surface area contributed by atoms with Crippen LogP contribution in [0.25, 0.3) is 0 Å². The highest BCUT2D eigenvalue weighted by molar-refractivity contribution is 7.99. The van der Waals surface area contributed by atoms with Gasteiger partial charge in [0.25, 0.3) is 0 Å². The fraction of sp³-hybridized carbons (Fsp3) is 0.833. The van der Waals surface area contributed by atoms with Gasteiger partial charge in [-0.1, -0.05) is 12.8 Å². The van der Waals surface area contributed by atoms with E-state index in [-0.39, 0.29) is 11.9 Å². The average Bonchev–Trinajstić information content (AvgIpc) is 2.29. The van der Waals surface area contributed by atoms with Gasteiger partial charge in [-0.3, -0.25) is 9.59 Å². The van der Waals surface area contributed by atoms with Gasteiger partial charge in [0, 0.05) is 11.3 Å². The molecule has 1 fully saturated rings. The van der Waals surface area contributed by atoms with Gasteiger partial charge >= 0.3 is 5.97 Å². The summed E-state index contributed by atoms with van der Waals surface area (Å²) in [5, 5.41) is 12.3. The van der Waals surface area contributed by atoms with Crippen LogP contribution in [0, 0.1) is 5.41 Å². The highest BCUT2D eigenvalue weighted by Gasteiger charge is 2.38. The summed E-state index contributed by atoms with van der Waals surface area (Å²) in [7, 11) is 0. The monoisotopic (exact) mass is 259 g/mol. The number of carbonyl (C=O) groups excluding carboxylic acids is 1. The number of hydrogen-bond donors (Lipinski definition) is 2. The first-order chi connectivity index (χ1) is 7.89. The molecule has 17 heavy (non-hydrogen) atoms. The predicted molar refractivity (Wildman–Crippen MR) is 69.1 cm³/mol. The van der Waals surface area contributed by atoms with Crippen molar-refractivity contribution in [3.05, 3.63) is 0 Å². The highest BCUT2D eigenvalue weighted by Crippen LogP contribution is 2.28. The quantitative estimate of drug-likeness (QED) is 0.757. The van der Waals surface area contributed by atoms with Crippen LogP contribution in [0.15, 0.2) is 0 Å². The van der Waals surface area contributed by atoms with Crippen LogP contribution in [0.4, 0.5) is 0 Å². The van der Waals surface area contributed by atoms with Crippen molar-refractivity contribution in [3.8, 4) is 0 Å². The Kier molecular flexibility index (Phi) is 4.86. The van der Waals surface area contributed by atoms with Crippen LogP contribution in [0.3, 0.4) is 0 Å². The molecule has 0 heterocycles. The summed E-state index contributed by atoms with van der Waals surface area (Å²) in [4.78, 5) is 22.9. The van der Waals surface area contributed by atoms with Crippen LogP contribution in [0.2, 0.25) is 0 Å². The number of rotatable bonds is 4. The smallest absolute Gasteiger partial charge is 0.318 e. The minimum atomic E-state index is -1.35. The van der Waals surface area contributed by atoms with Gasteiger partial charge in [-0.15, -0.1) is 0 Å². The third-order valence-electron chi connectivity index (χ3n) is 3.42. The maximum absolute atomic E-state index is 11.9. The topological polar surface area (TPSA) is 66.4 Å². The molecule has 1 saturated carbocycles. The molecule has 0 spiro atoms. The van der Waals surface area contributed by atoms with Crippen molar-refractivity contribution in [2.45, 2.75) is 50.8 Å². The molecule has 98 valence electrons. The molecule has 2 N–H and O–H groups in total. The first kappa shape index (κ1) is 14.4. The van der Waals surface area contributed by atoms with E-state index >= 15 is 0 Å². The molecular weight excluding hydrogens is 238 g/mol. The van der Waals surface area contributed by atoms with Crippen molar-refractivity contribution in [2.24, 2.45) is 5.41 Å². The van der Waals surface area contributed by atoms with E-state index in [1.807, 2.05) is 6.26 Å². The number of thioether (sulfide) groups is 1. The zero-order chi connectivity index (χ0) is 13.1. The Morgan fingerprint density at radius 3 is 2.41 bits per heavy atom. The highest BCUT2D eigenvalue weighted by atomic mass is 32.2. The minimum Gasteiger partial charge on any atom is -0.480 e. The lowest BCUT2D eigenvalue weighted by Crippen LogP contribution is -2.50. The summed E-state index contributed by atoms with van der Waals surface area (Å²) < 4.78 is 0. The number of aliphatic carboxylic acids is 1. The number of carboxylic acid groups (broad SMARTS) is 1. The van der Waals surface area contributed by atoms with Crippen LogP contribution in [-0.4, -0.2) is 34.5 Å². The molecule has 0 radical (unpaired) electrons. The molecule has 0 aromatic carbocycles. The van der Waals surface area contributed by atoms with Gasteiger partial charge in [-0.2, -0.15) is 11.8 Å². The summed E-state index contributed by atoms with van der Waals surface area (Å²) >= 11 is 1.75. The van der Waals surface area contributed by atoms with E-state index in [0.29, 0.717) is 5.25 Å². The molecule has 1 amide bonds. The van der Waals surface area contributed by atoms with Crippen LogP contribution >= 0.6 is 11.8 Å². The zero-order valence-corrected chi connectivity index (χ0v) is 11.5. The largest absolute Gasteiger partial charge is 0.480 e. The first-order valence-corrected chi connectivity index (χ1v) is 7.25. The molecule has 1 aliphatic carbocycles. The molecule has 0 aliphatic heterocycles. The third kappa shape index (κ3) is 3.37. The summed E-state index contributed by atoms with van der Waals surface area (Å²) in [6.07, 6.45) is 6.39. The molecule has 0 aromatic heterocycles. The van der Waals surface area contributed by atoms with E-state index in [4.69, 9.17) is 5.11 Å². The standard InChI is InChI=1S/C12H21NO3S/c1-12(2,11(15)16)10(14)13-8-6-4-5-7-9(8)17-3/h8-9H,4-7H2,1-3H3,(H,13,14)(H,15,16). The molecule has 0 saturated heterocycles. The third-order valence-corrected chi connectivity index (χ3v) is 4.59. The molecule has 1 aliphatic rings. The van der Waals surface area contributed by atoms with E-state index < -0.39 is 11.4 Å². The van der Waals surface area contributed by atoms with E-state index in [0.717, 1.165) is 19.3 Å². The van der Waals surface area contributed by atoms with E-state index in [9.17, 15) is 9.59 Å². The Labute approximate surface area is 107 Å². The van der Waals surface area contributed by atoms with Crippen molar-refractivity contribution in [1.29, 1.82) is 0 Å². The Morgan fingerprint density at radius 1 is 1.29 bits per heavy atom. The van der Waals surface area contributed by atoms with Gasteiger partial charge in [0.2, 0.25) is 5.91 Å². The molecule has 2 unspecified atom stereocenters. The number of amides is 1. The molecule has 1 rings (SSSR count). The zero-order valence-electron chi connectivity index (χ0n) is 10.7. The molecule has 2 atom stereocenters. The molecule has 4 nitrogen and oxygen atoms in total. The molecule has 0 aromatic rings. The van der Waals surface area contributed by atoms with Crippen molar-refractivity contribution >= 4 is 23.6 Å². The van der Waals surface area contributed by atoms with Crippen molar-refractivity contribution in [3.63, 3.8) is 0 Å². The van der Waals surface area contributed by atoms with Gasteiger partial charge in [0.1, 0.15) is 5.41 Å². The molecular formula is C12H21NO3S. The second-order valence-corrected chi connectivity index (χ2v) is 6.15. The van der Waals surface area contributed by atoms with Gasteiger partial charge in [-0.25, -0.2) is 0 Å². The lowest BCUT2D eigenvalue weighted by atomic mass is 9.90.